The monoisotopic (exact) mass is 272 g/mol. The summed E-state index contributed by atoms with van der Waals surface area (Å²) in [7, 11) is 0. The summed E-state index contributed by atoms with van der Waals surface area (Å²) in [5.74, 6) is -0.482. The summed E-state index contributed by atoms with van der Waals surface area (Å²) in [4.78, 5) is 11.8. The molecule has 2 rings (SSSR count). The summed E-state index contributed by atoms with van der Waals surface area (Å²) in [5.41, 5.74) is 3.51. The zero-order chi connectivity index (χ0) is 14.5. The highest BCUT2D eigenvalue weighted by molar-refractivity contribution is 6.04. The number of hydrogen-bond acceptors (Lipinski definition) is 4. The zero-order valence-corrected chi connectivity index (χ0v) is 11.1. The first kappa shape index (κ1) is 13.9. The Labute approximate surface area is 116 Å². The van der Waals surface area contributed by atoms with Gasteiger partial charge in [0.15, 0.2) is 0 Å². The van der Waals surface area contributed by atoms with Crippen LogP contribution in [0.25, 0.3) is 0 Å². The van der Waals surface area contributed by atoms with Gasteiger partial charge in [0.2, 0.25) is 0 Å². The molecule has 5 heteroatoms. The minimum atomic E-state index is -0.310. The largest absolute Gasteiger partial charge is 0.507 e. The number of rotatable bonds is 3. The van der Waals surface area contributed by atoms with Gasteiger partial charge >= 0.3 is 0 Å². The van der Waals surface area contributed by atoms with E-state index in [1.54, 1.807) is 13.0 Å². The zero-order valence-electron chi connectivity index (χ0n) is 11.1. The molecule has 1 amide bonds. The maximum absolute atomic E-state index is 11.8. The first-order chi connectivity index (χ1) is 9.59. The summed E-state index contributed by atoms with van der Waals surface area (Å²) in [5, 5.41) is 23.3. The van der Waals surface area contributed by atoms with Crippen LogP contribution in [0.3, 0.4) is 0 Å². The molecule has 0 atom stereocenters. The highest BCUT2D eigenvalue weighted by atomic mass is 16.3. The molecule has 0 heterocycles. The van der Waals surface area contributed by atoms with E-state index in [9.17, 15) is 15.0 Å². The summed E-state index contributed by atoms with van der Waals surface area (Å²) < 4.78 is 0. The van der Waals surface area contributed by atoms with Crippen LogP contribution in [-0.2, 0) is 4.79 Å². The van der Waals surface area contributed by atoms with Crippen LogP contribution < -0.4 is 5.43 Å². The Morgan fingerprint density at radius 3 is 2.55 bits per heavy atom. The van der Waals surface area contributed by atoms with Gasteiger partial charge in [0, 0.05) is 5.57 Å². The summed E-state index contributed by atoms with van der Waals surface area (Å²) in [6, 6.07) is 4.42. The van der Waals surface area contributed by atoms with Crippen molar-refractivity contribution < 1.29 is 15.0 Å². The predicted octanol–water partition coefficient (Wildman–Crippen LogP) is 2.21. The number of carbonyl (C=O) groups excluding carboxylic acids is 1. The Bertz CT molecular complexity index is 595. The molecule has 1 aromatic rings. The number of nitrogens with zero attached hydrogens (tertiary/aromatic N) is 1. The van der Waals surface area contributed by atoms with Crippen molar-refractivity contribution >= 4 is 11.6 Å². The van der Waals surface area contributed by atoms with Crippen molar-refractivity contribution in [3.05, 3.63) is 47.6 Å². The number of benzene rings is 1. The van der Waals surface area contributed by atoms with Crippen molar-refractivity contribution in [3.8, 4) is 11.5 Å². The van der Waals surface area contributed by atoms with E-state index in [2.05, 4.69) is 10.5 Å². The van der Waals surface area contributed by atoms with Crippen LogP contribution in [0.5, 0.6) is 11.5 Å². The van der Waals surface area contributed by atoms with Gasteiger partial charge in [0.25, 0.3) is 5.91 Å². The second-order valence-corrected chi connectivity index (χ2v) is 4.45. The molecule has 5 nitrogen and oxygen atoms in total. The van der Waals surface area contributed by atoms with Crippen molar-refractivity contribution in [2.24, 2.45) is 5.10 Å². The van der Waals surface area contributed by atoms with Crippen molar-refractivity contribution in [1.82, 2.24) is 5.43 Å². The van der Waals surface area contributed by atoms with Crippen LogP contribution in [0.1, 0.15) is 25.3 Å². The van der Waals surface area contributed by atoms with E-state index in [0.717, 1.165) is 12.8 Å². The van der Waals surface area contributed by atoms with E-state index in [1.807, 2.05) is 12.2 Å². The number of hydrazone groups is 1. The molecule has 1 aromatic carbocycles. The topological polar surface area (TPSA) is 81.9 Å². The summed E-state index contributed by atoms with van der Waals surface area (Å²) >= 11 is 0. The van der Waals surface area contributed by atoms with Crippen molar-refractivity contribution in [2.45, 2.75) is 19.8 Å². The fraction of sp³-hybridized carbons (Fsp3) is 0.200. The number of phenolic OH excluding ortho intramolecular Hbond substituents is 2. The predicted molar refractivity (Wildman–Crippen MR) is 76.6 cm³/mol. The second-order valence-electron chi connectivity index (χ2n) is 4.45. The molecule has 0 unspecified atom stereocenters. The van der Waals surface area contributed by atoms with E-state index in [1.165, 1.54) is 18.2 Å². The van der Waals surface area contributed by atoms with Gasteiger partial charge < -0.3 is 10.2 Å². The normalized spacial score (nSPS) is 14.8. The molecule has 1 aliphatic carbocycles. The SMILES string of the molecule is C/C(=N\NC(=O)C1=CCCC=C1)c1c(O)cccc1O. The number of hydrogen-bond donors (Lipinski definition) is 3. The van der Waals surface area contributed by atoms with Crippen LogP contribution >= 0.6 is 0 Å². The minimum absolute atomic E-state index is 0.0859. The first-order valence-corrected chi connectivity index (χ1v) is 6.32. The lowest BCUT2D eigenvalue weighted by atomic mass is 10.1. The average Bonchev–Trinajstić information content (AvgIpc) is 2.45. The van der Waals surface area contributed by atoms with Crippen LogP contribution in [0.2, 0.25) is 0 Å². The van der Waals surface area contributed by atoms with E-state index in [-0.39, 0.29) is 23.0 Å². The molecule has 0 spiro atoms. The molecule has 104 valence electrons. The second kappa shape index (κ2) is 6.06. The van der Waals surface area contributed by atoms with Crippen molar-refractivity contribution in [1.29, 1.82) is 0 Å². The highest BCUT2D eigenvalue weighted by Gasteiger charge is 2.12. The Morgan fingerprint density at radius 2 is 1.95 bits per heavy atom. The number of aromatic hydroxyl groups is 2. The van der Waals surface area contributed by atoms with Gasteiger partial charge in [0.05, 0.1) is 11.3 Å². The van der Waals surface area contributed by atoms with Gasteiger partial charge in [-0.1, -0.05) is 24.3 Å². The third-order valence-electron chi connectivity index (χ3n) is 2.96. The molecule has 0 aromatic heterocycles. The highest BCUT2D eigenvalue weighted by Crippen LogP contribution is 2.26. The molecule has 0 saturated heterocycles. The quantitative estimate of drug-likeness (QED) is 0.583. The number of amides is 1. The molecule has 20 heavy (non-hydrogen) atoms. The van der Waals surface area contributed by atoms with Crippen LogP contribution in [0.4, 0.5) is 0 Å². The van der Waals surface area contributed by atoms with E-state index in [0.29, 0.717) is 11.3 Å². The molecule has 1 aliphatic rings. The third-order valence-corrected chi connectivity index (χ3v) is 2.96. The third kappa shape index (κ3) is 3.06. The number of carbonyl (C=O) groups is 1. The molecule has 0 aliphatic heterocycles. The maximum atomic E-state index is 11.8. The fourth-order valence-electron chi connectivity index (χ4n) is 1.94. The van der Waals surface area contributed by atoms with E-state index in [4.69, 9.17) is 0 Å². The Morgan fingerprint density at radius 1 is 1.25 bits per heavy atom. The fourth-order valence-corrected chi connectivity index (χ4v) is 1.94. The summed E-state index contributed by atoms with van der Waals surface area (Å²) in [6.07, 6.45) is 7.30. The Hall–Kier alpha value is -2.56. The smallest absolute Gasteiger partial charge is 0.271 e. The van der Waals surface area contributed by atoms with Gasteiger partial charge in [-0.25, -0.2) is 5.43 Å². The molecule has 3 N–H and O–H groups in total. The maximum Gasteiger partial charge on any atom is 0.271 e. The lowest BCUT2D eigenvalue weighted by Crippen LogP contribution is -2.21. The Balaban J connectivity index is 2.13. The number of allylic oxidation sites excluding steroid dienone is 2. The van der Waals surface area contributed by atoms with Gasteiger partial charge in [-0.05, 0) is 31.9 Å². The first-order valence-electron chi connectivity index (χ1n) is 6.32. The Kier molecular flexibility index (Phi) is 4.20. The van der Waals surface area contributed by atoms with Gasteiger partial charge in [-0.15, -0.1) is 0 Å². The van der Waals surface area contributed by atoms with Crippen LogP contribution in [-0.4, -0.2) is 21.8 Å². The molecule has 0 radical (unpaired) electrons. The minimum Gasteiger partial charge on any atom is -0.507 e. The molecule has 0 bridgehead atoms. The average molecular weight is 272 g/mol. The van der Waals surface area contributed by atoms with Gasteiger partial charge in [-0.2, -0.15) is 5.10 Å². The van der Waals surface area contributed by atoms with Crippen molar-refractivity contribution in [2.75, 3.05) is 0 Å². The van der Waals surface area contributed by atoms with E-state index < -0.39 is 0 Å². The van der Waals surface area contributed by atoms with Crippen molar-refractivity contribution in [3.63, 3.8) is 0 Å². The molecular weight excluding hydrogens is 256 g/mol. The van der Waals surface area contributed by atoms with Crippen LogP contribution in [0, 0.1) is 0 Å². The standard InChI is InChI=1S/C15H16N2O3/c1-10(14-12(18)8-5-9-13(14)19)16-17-15(20)11-6-3-2-4-7-11/h3,5-9,18-19H,2,4H2,1H3,(H,17,20)/b16-10+. The van der Waals surface area contributed by atoms with E-state index >= 15 is 0 Å². The molecular formula is C15H16N2O3. The van der Waals surface area contributed by atoms with Gasteiger partial charge in [-0.3, -0.25) is 4.79 Å². The molecule has 0 fully saturated rings. The van der Waals surface area contributed by atoms with Gasteiger partial charge in [0.1, 0.15) is 11.5 Å². The summed E-state index contributed by atoms with van der Waals surface area (Å²) in [6.45, 7) is 1.60. The lowest BCUT2D eigenvalue weighted by Gasteiger charge is -2.08. The molecule has 0 saturated carbocycles. The number of nitrogens with one attached hydrogen (secondary N) is 1. The number of phenols is 2. The van der Waals surface area contributed by atoms with Crippen LogP contribution in [0.15, 0.2) is 47.1 Å². The lowest BCUT2D eigenvalue weighted by molar-refractivity contribution is -0.117.